The summed E-state index contributed by atoms with van der Waals surface area (Å²) in [5.74, 6) is 0.732. The van der Waals surface area contributed by atoms with Crippen LogP contribution in [0.1, 0.15) is 12.8 Å². The highest BCUT2D eigenvalue weighted by Crippen LogP contribution is 2.25. The van der Waals surface area contributed by atoms with Gasteiger partial charge in [-0.2, -0.15) is 0 Å². The van der Waals surface area contributed by atoms with E-state index in [-0.39, 0.29) is 18.0 Å². The van der Waals surface area contributed by atoms with Gasteiger partial charge >= 0.3 is 0 Å². The monoisotopic (exact) mass is 310 g/mol. The third-order valence-corrected chi connectivity index (χ3v) is 4.29. The molecule has 2 aliphatic rings. The molecule has 3 N–H and O–H groups in total. The van der Waals surface area contributed by atoms with Crippen LogP contribution in [0.3, 0.4) is 0 Å². The fourth-order valence-corrected chi connectivity index (χ4v) is 3.14. The summed E-state index contributed by atoms with van der Waals surface area (Å²) in [6, 6.07) is 3.43. The topological polar surface area (TPSA) is 77.5 Å². The third-order valence-electron chi connectivity index (χ3n) is 4.00. The molecule has 1 aromatic rings. The van der Waals surface area contributed by atoms with E-state index in [9.17, 15) is 9.90 Å². The van der Waals surface area contributed by atoms with Gasteiger partial charge in [0.2, 0.25) is 5.91 Å². The van der Waals surface area contributed by atoms with Gasteiger partial charge in [-0.05, 0) is 25.0 Å². The van der Waals surface area contributed by atoms with Crippen molar-refractivity contribution in [2.24, 2.45) is 0 Å². The van der Waals surface area contributed by atoms with Crippen molar-refractivity contribution in [3.63, 3.8) is 0 Å². The Hall–Kier alpha value is -1.37. The summed E-state index contributed by atoms with van der Waals surface area (Å²) >= 11 is 6.15. The molecule has 2 aliphatic heterocycles. The number of halogens is 1. The van der Waals surface area contributed by atoms with Gasteiger partial charge in [-0.1, -0.05) is 11.6 Å². The van der Waals surface area contributed by atoms with Gasteiger partial charge in [0.1, 0.15) is 5.82 Å². The molecule has 0 aromatic carbocycles. The summed E-state index contributed by atoms with van der Waals surface area (Å²) in [5, 5.41) is 16.1. The zero-order valence-electron chi connectivity index (χ0n) is 11.6. The minimum Gasteiger partial charge on any atom is -0.392 e. The zero-order chi connectivity index (χ0) is 14.8. The number of carbonyl (C=O) groups is 1. The molecule has 114 valence electrons. The first-order valence-electron chi connectivity index (χ1n) is 7.21. The van der Waals surface area contributed by atoms with Crippen LogP contribution in [0.25, 0.3) is 0 Å². The fraction of sp³-hybridized carbons (Fsp3) is 0.571. The average Bonchev–Trinajstić information content (AvgIpc) is 3.08. The number of carbonyl (C=O) groups excluding carboxylic acids is 1. The number of hydrogen-bond donors (Lipinski definition) is 3. The molecule has 6 nitrogen and oxygen atoms in total. The number of aliphatic hydroxyl groups excluding tert-OH is 1. The lowest BCUT2D eigenvalue weighted by molar-refractivity contribution is -0.123. The van der Waals surface area contributed by atoms with E-state index in [4.69, 9.17) is 11.6 Å². The molecule has 3 heterocycles. The predicted octanol–water partition coefficient (Wildman–Crippen LogP) is 0.153. The summed E-state index contributed by atoms with van der Waals surface area (Å²) in [6.07, 6.45) is 2.65. The maximum Gasteiger partial charge on any atom is 0.237 e. The lowest BCUT2D eigenvalue weighted by atomic mass is 10.1. The van der Waals surface area contributed by atoms with Crippen LogP contribution >= 0.6 is 11.6 Å². The summed E-state index contributed by atoms with van der Waals surface area (Å²) in [4.78, 5) is 18.5. The molecular formula is C14H19ClN4O2. The number of amides is 1. The molecule has 3 atom stereocenters. The fourth-order valence-electron chi connectivity index (χ4n) is 2.90. The van der Waals surface area contributed by atoms with E-state index in [2.05, 4.69) is 20.5 Å². The van der Waals surface area contributed by atoms with Crippen molar-refractivity contribution >= 4 is 23.3 Å². The van der Waals surface area contributed by atoms with E-state index in [0.717, 1.165) is 18.8 Å². The maximum atomic E-state index is 12.1. The van der Waals surface area contributed by atoms with Crippen LogP contribution in [0.4, 0.5) is 5.82 Å². The van der Waals surface area contributed by atoms with E-state index >= 15 is 0 Å². The Balaban J connectivity index is 1.55. The molecule has 3 unspecified atom stereocenters. The van der Waals surface area contributed by atoms with Gasteiger partial charge in [0.05, 0.1) is 17.2 Å². The van der Waals surface area contributed by atoms with E-state index in [1.165, 1.54) is 0 Å². The quantitative estimate of drug-likeness (QED) is 0.741. The summed E-state index contributed by atoms with van der Waals surface area (Å²) in [5.41, 5.74) is 0. The largest absolute Gasteiger partial charge is 0.392 e. The van der Waals surface area contributed by atoms with Gasteiger partial charge in [-0.25, -0.2) is 4.98 Å². The Labute approximate surface area is 128 Å². The smallest absolute Gasteiger partial charge is 0.237 e. The van der Waals surface area contributed by atoms with Gasteiger partial charge in [-0.15, -0.1) is 0 Å². The highest BCUT2D eigenvalue weighted by molar-refractivity contribution is 6.32. The first kappa shape index (κ1) is 14.6. The predicted molar refractivity (Wildman–Crippen MR) is 80.4 cm³/mol. The average molecular weight is 311 g/mol. The first-order valence-corrected chi connectivity index (χ1v) is 7.58. The molecule has 1 aromatic heterocycles. The second-order valence-electron chi connectivity index (χ2n) is 5.60. The van der Waals surface area contributed by atoms with Crippen molar-refractivity contribution in [2.75, 3.05) is 24.5 Å². The van der Waals surface area contributed by atoms with Gasteiger partial charge in [-0.3, -0.25) is 4.79 Å². The number of nitrogens with one attached hydrogen (secondary N) is 2. The molecule has 0 aliphatic carbocycles. The molecule has 2 fully saturated rings. The molecule has 3 rings (SSSR count). The van der Waals surface area contributed by atoms with Crippen LogP contribution in [-0.2, 0) is 4.79 Å². The highest BCUT2D eigenvalue weighted by atomic mass is 35.5. The molecule has 0 radical (unpaired) electrons. The van der Waals surface area contributed by atoms with E-state index < -0.39 is 6.10 Å². The zero-order valence-corrected chi connectivity index (χ0v) is 12.4. The van der Waals surface area contributed by atoms with Crippen molar-refractivity contribution in [3.05, 3.63) is 23.4 Å². The Morgan fingerprint density at radius 1 is 1.57 bits per heavy atom. The third kappa shape index (κ3) is 3.28. The van der Waals surface area contributed by atoms with E-state index in [0.29, 0.717) is 24.5 Å². The van der Waals surface area contributed by atoms with Crippen molar-refractivity contribution < 1.29 is 9.90 Å². The van der Waals surface area contributed by atoms with Crippen molar-refractivity contribution in [1.29, 1.82) is 0 Å². The summed E-state index contributed by atoms with van der Waals surface area (Å²) < 4.78 is 0. The van der Waals surface area contributed by atoms with Crippen molar-refractivity contribution in [3.8, 4) is 0 Å². The lowest BCUT2D eigenvalue weighted by Gasteiger charge is -2.20. The number of nitrogens with zero attached hydrogens (tertiary/aromatic N) is 2. The van der Waals surface area contributed by atoms with Crippen LogP contribution in [-0.4, -0.2) is 53.8 Å². The molecule has 0 bridgehead atoms. The van der Waals surface area contributed by atoms with Crippen LogP contribution in [0.15, 0.2) is 18.3 Å². The van der Waals surface area contributed by atoms with Gasteiger partial charge in [0.25, 0.3) is 0 Å². The minimum absolute atomic E-state index is 0.0366. The Morgan fingerprint density at radius 2 is 2.43 bits per heavy atom. The van der Waals surface area contributed by atoms with E-state index in [1.807, 2.05) is 6.07 Å². The number of anilines is 1. The van der Waals surface area contributed by atoms with Crippen molar-refractivity contribution in [1.82, 2.24) is 15.6 Å². The number of aliphatic hydroxyl groups is 1. The molecule has 21 heavy (non-hydrogen) atoms. The second-order valence-corrected chi connectivity index (χ2v) is 6.01. The molecule has 2 saturated heterocycles. The maximum absolute atomic E-state index is 12.1. The summed E-state index contributed by atoms with van der Waals surface area (Å²) in [6.45, 7) is 2.01. The Bertz CT molecular complexity index is 527. The molecule has 1 amide bonds. The second kappa shape index (κ2) is 6.17. The minimum atomic E-state index is -0.423. The summed E-state index contributed by atoms with van der Waals surface area (Å²) in [7, 11) is 0. The number of rotatable bonds is 3. The number of β-amino-alcohol motifs (C(OH)–C–C–N with tert-alkyl or cyclic N) is 1. The number of pyridine rings is 1. The van der Waals surface area contributed by atoms with Gasteiger partial charge in [0, 0.05) is 31.9 Å². The van der Waals surface area contributed by atoms with Crippen molar-refractivity contribution in [2.45, 2.75) is 31.0 Å². The molecular weight excluding hydrogens is 292 g/mol. The van der Waals surface area contributed by atoms with Gasteiger partial charge < -0.3 is 20.6 Å². The SMILES string of the molecule is O=C(NC1CCN(c2ncccc2Cl)C1)C1CC(O)CN1. The van der Waals surface area contributed by atoms with Crippen LogP contribution in [0.5, 0.6) is 0 Å². The van der Waals surface area contributed by atoms with E-state index in [1.54, 1.807) is 12.3 Å². The van der Waals surface area contributed by atoms with Crippen LogP contribution in [0.2, 0.25) is 5.02 Å². The van der Waals surface area contributed by atoms with Gasteiger partial charge in [0.15, 0.2) is 0 Å². The Kier molecular flexibility index (Phi) is 4.28. The van der Waals surface area contributed by atoms with Crippen LogP contribution < -0.4 is 15.5 Å². The lowest BCUT2D eigenvalue weighted by Crippen LogP contribution is -2.46. The standard InChI is InChI=1S/C14H19ClN4O2/c15-11-2-1-4-16-13(11)19-5-3-9(8-19)18-14(21)12-6-10(20)7-17-12/h1-2,4,9-10,12,17,20H,3,5-8H2,(H,18,21). The Morgan fingerprint density at radius 3 is 3.14 bits per heavy atom. The number of hydrogen-bond acceptors (Lipinski definition) is 5. The van der Waals surface area contributed by atoms with Crippen LogP contribution in [0, 0.1) is 0 Å². The molecule has 0 spiro atoms. The normalized spacial score (nSPS) is 28.9. The first-order chi connectivity index (χ1) is 10.1. The molecule has 0 saturated carbocycles. The molecule has 7 heteroatoms. The highest BCUT2D eigenvalue weighted by Gasteiger charge is 2.31. The number of aromatic nitrogens is 1.